The molecule has 0 radical (unpaired) electrons. The van der Waals surface area contributed by atoms with Crippen LogP contribution in [0.3, 0.4) is 0 Å². The third-order valence-electron chi connectivity index (χ3n) is 3.36. The molecule has 0 heterocycles. The van der Waals surface area contributed by atoms with Crippen LogP contribution in [0.1, 0.15) is 31.9 Å². The number of benzene rings is 1. The minimum absolute atomic E-state index is 0.401. The molecule has 0 amide bonds. The van der Waals surface area contributed by atoms with Crippen molar-refractivity contribution in [3.63, 3.8) is 0 Å². The second kappa shape index (κ2) is 8.18. The molecule has 1 atom stereocenters. The van der Waals surface area contributed by atoms with Crippen LogP contribution >= 0.6 is 0 Å². The number of nitrogens with one attached hydrogen (secondary N) is 1. The van der Waals surface area contributed by atoms with E-state index in [1.54, 1.807) is 7.11 Å². The average Bonchev–Trinajstić information content (AvgIpc) is 2.38. The van der Waals surface area contributed by atoms with Gasteiger partial charge in [-0.05, 0) is 50.7 Å². The van der Waals surface area contributed by atoms with Crippen molar-refractivity contribution in [3.8, 4) is 5.75 Å². The van der Waals surface area contributed by atoms with E-state index in [0.717, 1.165) is 24.8 Å². The minimum Gasteiger partial charge on any atom is -0.497 e. The normalized spacial score (nSPS) is 13.0. The van der Waals surface area contributed by atoms with Gasteiger partial charge in [0.25, 0.3) is 0 Å². The lowest BCUT2D eigenvalue weighted by Gasteiger charge is -2.25. The molecule has 0 saturated carbocycles. The van der Waals surface area contributed by atoms with Crippen LogP contribution in [-0.4, -0.2) is 39.2 Å². The predicted molar refractivity (Wildman–Crippen MR) is 81.7 cm³/mol. The van der Waals surface area contributed by atoms with Crippen LogP contribution in [0.15, 0.2) is 24.3 Å². The number of hydrogen-bond donors (Lipinski definition) is 1. The van der Waals surface area contributed by atoms with E-state index in [4.69, 9.17) is 4.74 Å². The summed E-state index contributed by atoms with van der Waals surface area (Å²) in [6, 6.07) is 8.75. The summed E-state index contributed by atoms with van der Waals surface area (Å²) in [6.45, 7) is 6.58. The largest absolute Gasteiger partial charge is 0.497 e. The molecule has 3 heteroatoms. The van der Waals surface area contributed by atoms with Gasteiger partial charge in [-0.1, -0.05) is 26.0 Å². The fourth-order valence-electron chi connectivity index (χ4n) is 2.05. The van der Waals surface area contributed by atoms with Gasteiger partial charge in [-0.3, -0.25) is 0 Å². The first-order valence-electron chi connectivity index (χ1n) is 7.05. The summed E-state index contributed by atoms with van der Waals surface area (Å²) in [5.74, 6) is 1.67. The zero-order chi connectivity index (χ0) is 14.3. The summed E-state index contributed by atoms with van der Waals surface area (Å²) in [7, 11) is 5.95. The van der Waals surface area contributed by atoms with Gasteiger partial charge in [-0.25, -0.2) is 0 Å². The lowest BCUT2D eigenvalue weighted by Crippen LogP contribution is -2.31. The van der Waals surface area contributed by atoms with E-state index in [-0.39, 0.29) is 0 Å². The van der Waals surface area contributed by atoms with E-state index < -0.39 is 0 Å². The lowest BCUT2D eigenvalue weighted by molar-refractivity contribution is 0.287. The minimum atomic E-state index is 0.401. The smallest absolute Gasteiger partial charge is 0.118 e. The molecular weight excluding hydrogens is 236 g/mol. The highest BCUT2D eigenvalue weighted by Gasteiger charge is 2.13. The highest BCUT2D eigenvalue weighted by Crippen LogP contribution is 2.20. The zero-order valence-electron chi connectivity index (χ0n) is 12.9. The van der Waals surface area contributed by atoms with Crippen LogP contribution in [-0.2, 0) is 0 Å². The number of hydrogen-bond acceptors (Lipinski definition) is 3. The zero-order valence-corrected chi connectivity index (χ0v) is 12.9. The highest BCUT2D eigenvalue weighted by molar-refractivity contribution is 5.29. The maximum absolute atomic E-state index is 5.21. The SMILES string of the molecule is COc1ccc(C(CNCCC(C)C)N(C)C)cc1. The van der Waals surface area contributed by atoms with E-state index in [9.17, 15) is 0 Å². The van der Waals surface area contributed by atoms with Crippen molar-refractivity contribution in [1.29, 1.82) is 0 Å². The van der Waals surface area contributed by atoms with Gasteiger partial charge in [-0.15, -0.1) is 0 Å². The predicted octanol–water partition coefficient (Wildman–Crippen LogP) is 2.93. The first kappa shape index (κ1) is 16.0. The molecule has 1 aromatic rings. The van der Waals surface area contributed by atoms with E-state index in [1.807, 2.05) is 12.1 Å². The van der Waals surface area contributed by atoms with Crippen molar-refractivity contribution >= 4 is 0 Å². The summed E-state index contributed by atoms with van der Waals surface area (Å²) in [4.78, 5) is 2.25. The second-order valence-electron chi connectivity index (χ2n) is 5.64. The molecule has 0 saturated heterocycles. The molecule has 19 heavy (non-hydrogen) atoms. The van der Waals surface area contributed by atoms with Crippen LogP contribution in [0.4, 0.5) is 0 Å². The average molecular weight is 264 g/mol. The van der Waals surface area contributed by atoms with Gasteiger partial charge in [0.05, 0.1) is 7.11 Å². The van der Waals surface area contributed by atoms with Crippen molar-refractivity contribution in [2.45, 2.75) is 26.3 Å². The molecule has 1 rings (SSSR count). The van der Waals surface area contributed by atoms with Gasteiger partial charge in [0, 0.05) is 12.6 Å². The Balaban J connectivity index is 2.56. The summed E-state index contributed by atoms with van der Waals surface area (Å²) in [5, 5.41) is 3.55. The van der Waals surface area contributed by atoms with Gasteiger partial charge in [-0.2, -0.15) is 0 Å². The monoisotopic (exact) mass is 264 g/mol. The first-order chi connectivity index (χ1) is 9.04. The summed E-state index contributed by atoms with van der Waals surface area (Å²) >= 11 is 0. The Morgan fingerprint density at radius 2 is 1.79 bits per heavy atom. The van der Waals surface area contributed by atoms with Gasteiger partial charge in [0.15, 0.2) is 0 Å². The molecule has 0 aliphatic carbocycles. The fourth-order valence-corrected chi connectivity index (χ4v) is 2.05. The van der Waals surface area contributed by atoms with Crippen molar-refractivity contribution < 1.29 is 4.74 Å². The molecule has 1 aromatic carbocycles. The number of ether oxygens (including phenoxy) is 1. The molecule has 108 valence electrons. The number of likely N-dealkylation sites (N-methyl/N-ethyl adjacent to an activating group) is 1. The summed E-state index contributed by atoms with van der Waals surface area (Å²) in [6.07, 6.45) is 1.22. The molecule has 0 fully saturated rings. The van der Waals surface area contributed by atoms with Gasteiger partial charge in [0.1, 0.15) is 5.75 Å². The molecule has 0 spiro atoms. The van der Waals surface area contributed by atoms with Crippen LogP contribution in [0.5, 0.6) is 5.75 Å². The molecule has 0 aliphatic rings. The summed E-state index contributed by atoms with van der Waals surface area (Å²) < 4.78 is 5.21. The molecule has 1 N–H and O–H groups in total. The van der Waals surface area contributed by atoms with E-state index in [2.05, 4.69) is 50.3 Å². The first-order valence-corrected chi connectivity index (χ1v) is 7.05. The Kier molecular flexibility index (Phi) is 6.89. The highest BCUT2D eigenvalue weighted by atomic mass is 16.5. The lowest BCUT2D eigenvalue weighted by atomic mass is 10.1. The van der Waals surface area contributed by atoms with Gasteiger partial charge in [0.2, 0.25) is 0 Å². The van der Waals surface area contributed by atoms with E-state index >= 15 is 0 Å². The van der Waals surface area contributed by atoms with Gasteiger partial charge < -0.3 is 15.0 Å². The topological polar surface area (TPSA) is 24.5 Å². The maximum Gasteiger partial charge on any atom is 0.118 e. The number of nitrogens with zero attached hydrogens (tertiary/aromatic N) is 1. The van der Waals surface area contributed by atoms with Crippen molar-refractivity contribution in [2.24, 2.45) is 5.92 Å². The third-order valence-corrected chi connectivity index (χ3v) is 3.36. The standard InChI is InChI=1S/C16H28N2O/c1-13(2)10-11-17-12-16(18(3)4)14-6-8-15(19-5)9-7-14/h6-9,13,16-17H,10-12H2,1-5H3. The van der Waals surface area contributed by atoms with E-state index in [1.165, 1.54) is 12.0 Å². The van der Waals surface area contributed by atoms with Crippen molar-refractivity contribution in [1.82, 2.24) is 10.2 Å². The number of rotatable bonds is 8. The molecular formula is C16H28N2O. The second-order valence-corrected chi connectivity index (χ2v) is 5.64. The Morgan fingerprint density at radius 3 is 2.26 bits per heavy atom. The molecule has 1 unspecified atom stereocenters. The Bertz CT molecular complexity index is 346. The van der Waals surface area contributed by atoms with Crippen LogP contribution in [0.2, 0.25) is 0 Å². The quantitative estimate of drug-likeness (QED) is 0.731. The Morgan fingerprint density at radius 1 is 1.16 bits per heavy atom. The molecule has 0 aromatic heterocycles. The third kappa shape index (κ3) is 5.62. The molecule has 0 aliphatic heterocycles. The molecule has 0 bridgehead atoms. The van der Waals surface area contributed by atoms with Crippen molar-refractivity contribution in [2.75, 3.05) is 34.3 Å². The van der Waals surface area contributed by atoms with Crippen LogP contribution in [0, 0.1) is 5.92 Å². The Hall–Kier alpha value is -1.06. The maximum atomic E-state index is 5.21. The van der Waals surface area contributed by atoms with E-state index in [0.29, 0.717) is 6.04 Å². The van der Waals surface area contributed by atoms with Gasteiger partial charge >= 0.3 is 0 Å². The van der Waals surface area contributed by atoms with Crippen LogP contribution < -0.4 is 10.1 Å². The van der Waals surface area contributed by atoms with Crippen molar-refractivity contribution in [3.05, 3.63) is 29.8 Å². The number of methoxy groups -OCH3 is 1. The molecule has 3 nitrogen and oxygen atoms in total. The fraction of sp³-hybridized carbons (Fsp3) is 0.625. The Labute approximate surface area is 118 Å². The van der Waals surface area contributed by atoms with Crippen LogP contribution in [0.25, 0.3) is 0 Å². The summed E-state index contributed by atoms with van der Waals surface area (Å²) in [5.41, 5.74) is 1.32.